The minimum Gasteiger partial charge on any atom is -0.319 e. The number of hydrogen-bond acceptors (Lipinski definition) is 3. The van der Waals surface area contributed by atoms with Crippen molar-refractivity contribution in [3.8, 4) is 5.69 Å². The van der Waals surface area contributed by atoms with Gasteiger partial charge in [0.2, 0.25) is 0 Å². The zero-order valence-electron chi connectivity index (χ0n) is 12.4. The van der Waals surface area contributed by atoms with Crippen molar-refractivity contribution >= 4 is 34.8 Å². The third-order valence-electron chi connectivity index (χ3n) is 3.22. The van der Waals surface area contributed by atoms with Gasteiger partial charge in [-0.05, 0) is 43.3 Å². The molecule has 122 valence electrons. The van der Waals surface area contributed by atoms with Gasteiger partial charge in [0.15, 0.2) is 5.69 Å². The molecule has 5 nitrogen and oxygen atoms in total. The van der Waals surface area contributed by atoms with Gasteiger partial charge in [-0.1, -0.05) is 29.3 Å². The fourth-order valence-corrected chi connectivity index (χ4v) is 2.48. The summed E-state index contributed by atoms with van der Waals surface area (Å²) >= 11 is 11.9. The maximum absolute atomic E-state index is 13.1. The first kappa shape index (κ1) is 16.4. The average Bonchev–Trinajstić information content (AvgIpc) is 2.92. The Hall–Kier alpha value is -2.44. The highest BCUT2D eigenvalue weighted by atomic mass is 35.5. The number of aryl methyl sites for hydroxylation is 1. The summed E-state index contributed by atoms with van der Waals surface area (Å²) in [5.74, 6) is -0.977. The molecule has 0 radical (unpaired) electrons. The molecular formula is C16H11Cl2FN4O. The lowest BCUT2D eigenvalue weighted by Crippen LogP contribution is -2.14. The molecule has 0 fully saturated rings. The second-order valence-electron chi connectivity index (χ2n) is 4.98. The van der Waals surface area contributed by atoms with Gasteiger partial charge in [0.25, 0.3) is 5.91 Å². The molecule has 0 aliphatic rings. The zero-order chi connectivity index (χ0) is 17.3. The highest BCUT2D eigenvalue weighted by molar-refractivity contribution is 6.33. The van der Waals surface area contributed by atoms with Crippen LogP contribution in [0.2, 0.25) is 10.0 Å². The number of anilines is 1. The molecule has 3 rings (SSSR count). The van der Waals surface area contributed by atoms with Crippen LogP contribution in [-0.2, 0) is 0 Å². The van der Waals surface area contributed by atoms with Gasteiger partial charge in [-0.25, -0.2) is 4.39 Å². The Kier molecular flexibility index (Phi) is 4.51. The van der Waals surface area contributed by atoms with Gasteiger partial charge in [-0.15, -0.1) is 5.10 Å². The van der Waals surface area contributed by atoms with Gasteiger partial charge >= 0.3 is 0 Å². The number of rotatable bonds is 3. The van der Waals surface area contributed by atoms with E-state index in [0.29, 0.717) is 22.1 Å². The normalized spacial score (nSPS) is 10.7. The SMILES string of the molecule is Cc1nn(-c2cccc(Cl)c2)nc1C(=O)Nc1ccc(F)cc1Cl. The van der Waals surface area contributed by atoms with E-state index >= 15 is 0 Å². The van der Waals surface area contributed by atoms with Gasteiger partial charge in [-0.2, -0.15) is 9.90 Å². The molecule has 1 N–H and O–H groups in total. The summed E-state index contributed by atoms with van der Waals surface area (Å²) in [5, 5.41) is 11.6. The minimum atomic E-state index is -0.491. The number of benzene rings is 2. The van der Waals surface area contributed by atoms with E-state index in [4.69, 9.17) is 23.2 Å². The summed E-state index contributed by atoms with van der Waals surface area (Å²) in [5.41, 5.74) is 1.49. The number of halogens is 3. The average molecular weight is 365 g/mol. The lowest BCUT2D eigenvalue weighted by atomic mass is 10.3. The second kappa shape index (κ2) is 6.59. The van der Waals surface area contributed by atoms with E-state index in [1.807, 2.05) is 0 Å². The molecule has 1 heterocycles. The molecule has 0 unspecified atom stereocenters. The van der Waals surface area contributed by atoms with Crippen molar-refractivity contribution in [2.24, 2.45) is 0 Å². The van der Waals surface area contributed by atoms with Gasteiger partial charge in [0, 0.05) is 5.02 Å². The summed E-state index contributed by atoms with van der Waals surface area (Å²) in [6, 6.07) is 10.6. The van der Waals surface area contributed by atoms with Crippen LogP contribution in [0, 0.1) is 12.7 Å². The molecule has 0 saturated carbocycles. The largest absolute Gasteiger partial charge is 0.319 e. The summed E-state index contributed by atoms with van der Waals surface area (Å²) in [6.07, 6.45) is 0. The van der Waals surface area contributed by atoms with Crippen LogP contribution in [0.15, 0.2) is 42.5 Å². The fraction of sp³-hybridized carbons (Fsp3) is 0.0625. The molecule has 0 aliphatic carbocycles. The van der Waals surface area contributed by atoms with Crippen LogP contribution in [0.4, 0.5) is 10.1 Å². The predicted molar refractivity (Wildman–Crippen MR) is 90.5 cm³/mol. The van der Waals surface area contributed by atoms with Crippen LogP contribution >= 0.6 is 23.2 Å². The van der Waals surface area contributed by atoms with Crippen molar-refractivity contribution in [2.75, 3.05) is 5.32 Å². The zero-order valence-corrected chi connectivity index (χ0v) is 13.9. The second-order valence-corrected chi connectivity index (χ2v) is 5.83. The van der Waals surface area contributed by atoms with Crippen molar-refractivity contribution in [3.05, 3.63) is 69.7 Å². The molecule has 3 aromatic rings. The van der Waals surface area contributed by atoms with Gasteiger partial charge in [0.05, 0.1) is 22.1 Å². The van der Waals surface area contributed by atoms with Gasteiger partial charge in [-0.3, -0.25) is 4.79 Å². The number of hydrogen-bond donors (Lipinski definition) is 1. The maximum atomic E-state index is 13.1. The molecule has 0 atom stereocenters. The third kappa shape index (κ3) is 3.39. The fourth-order valence-electron chi connectivity index (χ4n) is 2.08. The van der Waals surface area contributed by atoms with Crippen LogP contribution in [-0.4, -0.2) is 20.9 Å². The highest BCUT2D eigenvalue weighted by Gasteiger charge is 2.17. The first-order valence-corrected chi connectivity index (χ1v) is 7.66. The Morgan fingerprint density at radius 1 is 1.17 bits per heavy atom. The number of carbonyl (C=O) groups is 1. The van der Waals surface area contributed by atoms with Crippen molar-refractivity contribution in [2.45, 2.75) is 6.92 Å². The lowest BCUT2D eigenvalue weighted by molar-refractivity contribution is 0.102. The quantitative estimate of drug-likeness (QED) is 0.754. The molecule has 0 saturated heterocycles. The Morgan fingerprint density at radius 2 is 1.96 bits per heavy atom. The first-order valence-electron chi connectivity index (χ1n) is 6.90. The Morgan fingerprint density at radius 3 is 2.67 bits per heavy atom. The van der Waals surface area contributed by atoms with E-state index < -0.39 is 11.7 Å². The van der Waals surface area contributed by atoms with E-state index in [1.54, 1.807) is 31.2 Å². The molecule has 1 amide bonds. The third-order valence-corrected chi connectivity index (χ3v) is 3.76. The van der Waals surface area contributed by atoms with Crippen molar-refractivity contribution in [1.82, 2.24) is 15.0 Å². The smallest absolute Gasteiger partial charge is 0.278 e. The highest BCUT2D eigenvalue weighted by Crippen LogP contribution is 2.23. The number of aromatic nitrogens is 3. The topological polar surface area (TPSA) is 59.8 Å². The Bertz CT molecular complexity index is 926. The van der Waals surface area contributed by atoms with E-state index in [0.717, 1.165) is 6.07 Å². The molecule has 0 spiro atoms. The number of nitrogens with zero attached hydrogens (tertiary/aromatic N) is 3. The van der Waals surface area contributed by atoms with Crippen LogP contribution in [0.1, 0.15) is 16.2 Å². The summed E-state index contributed by atoms with van der Waals surface area (Å²) in [7, 11) is 0. The van der Waals surface area contributed by atoms with E-state index in [9.17, 15) is 9.18 Å². The summed E-state index contributed by atoms with van der Waals surface area (Å²) in [6.45, 7) is 1.66. The van der Waals surface area contributed by atoms with Gasteiger partial charge in [0.1, 0.15) is 5.82 Å². The molecule has 1 aromatic heterocycles. The van der Waals surface area contributed by atoms with Crippen LogP contribution in [0.3, 0.4) is 0 Å². The number of amides is 1. The molecule has 0 bridgehead atoms. The monoisotopic (exact) mass is 364 g/mol. The Labute approximate surface area is 147 Å². The summed E-state index contributed by atoms with van der Waals surface area (Å²) in [4.78, 5) is 13.7. The first-order chi connectivity index (χ1) is 11.4. The summed E-state index contributed by atoms with van der Waals surface area (Å²) < 4.78 is 13.1. The molecule has 8 heteroatoms. The van der Waals surface area contributed by atoms with Gasteiger partial charge < -0.3 is 5.32 Å². The van der Waals surface area contributed by atoms with Crippen LogP contribution in [0.5, 0.6) is 0 Å². The Balaban J connectivity index is 1.88. The number of nitrogens with one attached hydrogen (secondary N) is 1. The standard InChI is InChI=1S/C16H11Cl2FN4O/c1-9-15(16(24)20-14-6-5-11(19)8-13(14)18)22-23(21-9)12-4-2-3-10(17)7-12/h2-8H,1H3,(H,20,24). The molecule has 0 aliphatic heterocycles. The van der Waals surface area contributed by atoms with E-state index in [-0.39, 0.29) is 10.7 Å². The van der Waals surface area contributed by atoms with E-state index in [2.05, 4.69) is 15.5 Å². The van der Waals surface area contributed by atoms with E-state index in [1.165, 1.54) is 16.9 Å². The predicted octanol–water partition coefficient (Wildman–Crippen LogP) is 4.27. The maximum Gasteiger partial charge on any atom is 0.278 e. The van der Waals surface area contributed by atoms with Crippen molar-refractivity contribution in [1.29, 1.82) is 0 Å². The van der Waals surface area contributed by atoms with Crippen LogP contribution in [0.25, 0.3) is 5.69 Å². The van der Waals surface area contributed by atoms with Crippen molar-refractivity contribution in [3.63, 3.8) is 0 Å². The van der Waals surface area contributed by atoms with Crippen molar-refractivity contribution < 1.29 is 9.18 Å². The molecule has 24 heavy (non-hydrogen) atoms. The molecule has 2 aromatic carbocycles. The molecular weight excluding hydrogens is 354 g/mol. The number of carbonyl (C=O) groups excluding carboxylic acids is 1. The van der Waals surface area contributed by atoms with Crippen LogP contribution < -0.4 is 5.32 Å². The minimum absolute atomic E-state index is 0.100. The lowest BCUT2D eigenvalue weighted by Gasteiger charge is -2.05.